The number of benzene rings is 1. The van der Waals surface area contributed by atoms with E-state index < -0.39 is 0 Å². The summed E-state index contributed by atoms with van der Waals surface area (Å²) in [6, 6.07) is 8.53. The number of nitrogens with one attached hydrogen (secondary N) is 1. The van der Waals surface area contributed by atoms with Crippen molar-refractivity contribution < 1.29 is 14.3 Å². The molecular formula is C24H35N3O3. The van der Waals surface area contributed by atoms with Crippen molar-refractivity contribution in [2.75, 3.05) is 33.3 Å². The van der Waals surface area contributed by atoms with Crippen molar-refractivity contribution in [3.05, 3.63) is 29.8 Å². The monoisotopic (exact) mass is 413 g/mol. The third kappa shape index (κ3) is 4.97. The third-order valence-electron chi connectivity index (χ3n) is 7.33. The first-order chi connectivity index (χ1) is 14.5. The van der Waals surface area contributed by atoms with Crippen molar-refractivity contribution in [3.8, 4) is 5.75 Å². The first-order valence-corrected chi connectivity index (χ1v) is 11.4. The number of para-hydroxylation sites is 1. The summed E-state index contributed by atoms with van der Waals surface area (Å²) >= 11 is 0. The lowest BCUT2D eigenvalue weighted by Gasteiger charge is -2.30. The zero-order valence-electron chi connectivity index (χ0n) is 18.3. The highest BCUT2D eigenvalue weighted by Gasteiger charge is 2.39. The van der Waals surface area contributed by atoms with Gasteiger partial charge in [0.25, 0.3) is 5.91 Å². The SMILES string of the molecule is CC1CCN(C(=O)COc2ccccc2CN(C)[C@H]2C[C@H]3CNC(=O)C[C@H]3C2)CC1. The van der Waals surface area contributed by atoms with Gasteiger partial charge in [-0.1, -0.05) is 25.1 Å². The van der Waals surface area contributed by atoms with Crippen LogP contribution in [0.2, 0.25) is 0 Å². The summed E-state index contributed by atoms with van der Waals surface area (Å²) in [5.41, 5.74) is 1.11. The number of carbonyl (C=O) groups excluding carboxylic acids is 2. The highest BCUT2D eigenvalue weighted by Crippen LogP contribution is 2.38. The predicted octanol–water partition coefficient (Wildman–Crippen LogP) is 2.67. The van der Waals surface area contributed by atoms with Gasteiger partial charge in [0.15, 0.2) is 6.61 Å². The number of rotatable bonds is 6. The van der Waals surface area contributed by atoms with Crippen molar-refractivity contribution in [1.29, 1.82) is 0 Å². The van der Waals surface area contributed by atoms with Gasteiger partial charge < -0.3 is 15.0 Å². The van der Waals surface area contributed by atoms with Gasteiger partial charge in [-0.15, -0.1) is 0 Å². The summed E-state index contributed by atoms with van der Waals surface area (Å²) < 4.78 is 5.98. The van der Waals surface area contributed by atoms with Crippen LogP contribution in [0.1, 0.15) is 44.6 Å². The summed E-state index contributed by atoms with van der Waals surface area (Å²) in [6.07, 6.45) is 5.06. The van der Waals surface area contributed by atoms with Crippen molar-refractivity contribution in [1.82, 2.24) is 15.1 Å². The molecule has 4 rings (SSSR count). The fourth-order valence-electron chi connectivity index (χ4n) is 5.26. The number of likely N-dealkylation sites (tertiary alicyclic amines) is 1. The summed E-state index contributed by atoms with van der Waals surface area (Å²) in [7, 11) is 2.16. The maximum atomic E-state index is 12.5. The Morgan fingerprint density at radius 1 is 1.20 bits per heavy atom. The minimum Gasteiger partial charge on any atom is -0.483 e. The molecule has 6 nitrogen and oxygen atoms in total. The molecule has 1 N–H and O–H groups in total. The fourth-order valence-corrected chi connectivity index (χ4v) is 5.26. The van der Waals surface area contributed by atoms with Crippen LogP contribution in [-0.2, 0) is 16.1 Å². The molecule has 0 spiro atoms. The largest absolute Gasteiger partial charge is 0.483 e. The van der Waals surface area contributed by atoms with Gasteiger partial charge in [-0.05, 0) is 56.6 Å². The van der Waals surface area contributed by atoms with Crippen LogP contribution in [-0.4, -0.2) is 60.9 Å². The quantitative estimate of drug-likeness (QED) is 0.779. The number of nitrogens with zero attached hydrogens (tertiary/aromatic N) is 2. The molecule has 3 atom stereocenters. The Morgan fingerprint density at radius 3 is 2.73 bits per heavy atom. The van der Waals surface area contributed by atoms with Crippen LogP contribution in [0.15, 0.2) is 24.3 Å². The summed E-state index contributed by atoms with van der Waals surface area (Å²) in [4.78, 5) is 28.6. The van der Waals surface area contributed by atoms with Crippen molar-refractivity contribution in [3.63, 3.8) is 0 Å². The molecule has 30 heavy (non-hydrogen) atoms. The Bertz CT molecular complexity index is 760. The summed E-state index contributed by atoms with van der Waals surface area (Å²) in [5, 5.41) is 3.02. The van der Waals surface area contributed by atoms with Crippen molar-refractivity contribution in [2.24, 2.45) is 17.8 Å². The summed E-state index contributed by atoms with van der Waals surface area (Å²) in [5.74, 6) is 2.91. The minimum absolute atomic E-state index is 0.0853. The number of amides is 2. The molecule has 1 aromatic carbocycles. The highest BCUT2D eigenvalue weighted by atomic mass is 16.5. The molecule has 2 saturated heterocycles. The molecule has 2 aliphatic heterocycles. The molecule has 164 valence electrons. The molecule has 3 aliphatic rings. The van der Waals surface area contributed by atoms with Gasteiger partial charge in [0.1, 0.15) is 5.75 Å². The smallest absolute Gasteiger partial charge is 0.260 e. The number of carbonyl (C=O) groups is 2. The lowest BCUT2D eigenvalue weighted by molar-refractivity contribution is -0.134. The van der Waals surface area contributed by atoms with E-state index in [2.05, 4.69) is 30.3 Å². The summed E-state index contributed by atoms with van der Waals surface area (Å²) in [6.45, 7) is 5.65. The van der Waals surface area contributed by atoms with Gasteiger partial charge in [0, 0.05) is 44.2 Å². The third-order valence-corrected chi connectivity index (χ3v) is 7.33. The molecule has 2 amide bonds. The Morgan fingerprint density at radius 2 is 1.93 bits per heavy atom. The molecule has 1 aromatic rings. The van der Waals surface area contributed by atoms with Crippen LogP contribution in [0.3, 0.4) is 0 Å². The predicted molar refractivity (Wildman–Crippen MR) is 116 cm³/mol. The zero-order valence-corrected chi connectivity index (χ0v) is 18.3. The molecule has 0 aromatic heterocycles. The number of fused-ring (bicyclic) bond motifs is 1. The first-order valence-electron chi connectivity index (χ1n) is 11.4. The van der Waals surface area contributed by atoms with Crippen LogP contribution in [0.4, 0.5) is 0 Å². The Labute approximate surface area is 179 Å². The second kappa shape index (κ2) is 9.38. The van der Waals surface area contributed by atoms with E-state index in [0.717, 1.165) is 63.2 Å². The Hall–Kier alpha value is -2.08. The second-order valence-electron chi connectivity index (χ2n) is 9.53. The van der Waals surface area contributed by atoms with E-state index in [0.29, 0.717) is 30.2 Å². The van der Waals surface area contributed by atoms with Gasteiger partial charge >= 0.3 is 0 Å². The van der Waals surface area contributed by atoms with Gasteiger partial charge in [-0.25, -0.2) is 0 Å². The van der Waals surface area contributed by atoms with Gasteiger partial charge in [-0.3, -0.25) is 14.5 Å². The topological polar surface area (TPSA) is 61.9 Å². The number of hydrogen-bond donors (Lipinski definition) is 1. The number of piperidine rings is 2. The average molecular weight is 414 g/mol. The average Bonchev–Trinajstić information content (AvgIpc) is 3.17. The Kier molecular flexibility index (Phi) is 6.61. The fraction of sp³-hybridized carbons (Fsp3) is 0.667. The van der Waals surface area contributed by atoms with Gasteiger partial charge in [-0.2, -0.15) is 0 Å². The molecule has 6 heteroatoms. The van der Waals surface area contributed by atoms with Crippen molar-refractivity contribution in [2.45, 2.75) is 51.6 Å². The molecule has 1 aliphatic carbocycles. The van der Waals surface area contributed by atoms with Gasteiger partial charge in [0.05, 0.1) is 0 Å². The maximum Gasteiger partial charge on any atom is 0.260 e. The van der Waals surface area contributed by atoms with E-state index in [1.54, 1.807) is 0 Å². The lowest BCUT2D eigenvalue weighted by atomic mass is 9.89. The molecule has 0 radical (unpaired) electrons. The van der Waals surface area contributed by atoms with Crippen LogP contribution in [0.25, 0.3) is 0 Å². The first kappa shape index (κ1) is 21.2. The van der Waals surface area contributed by atoms with Crippen molar-refractivity contribution >= 4 is 11.8 Å². The second-order valence-corrected chi connectivity index (χ2v) is 9.53. The van der Waals surface area contributed by atoms with Crippen LogP contribution in [0.5, 0.6) is 5.75 Å². The van der Waals surface area contributed by atoms with E-state index in [1.165, 1.54) is 0 Å². The van der Waals surface area contributed by atoms with E-state index in [-0.39, 0.29) is 18.4 Å². The number of ether oxygens (including phenoxy) is 1. The van der Waals surface area contributed by atoms with Crippen LogP contribution < -0.4 is 10.1 Å². The lowest BCUT2D eigenvalue weighted by Crippen LogP contribution is -2.40. The van der Waals surface area contributed by atoms with E-state index >= 15 is 0 Å². The molecule has 0 bridgehead atoms. The van der Waals surface area contributed by atoms with Crippen LogP contribution in [0, 0.1) is 17.8 Å². The van der Waals surface area contributed by atoms with Gasteiger partial charge in [0.2, 0.25) is 5.91 Å². The van der Waals surface area contributed by atoms with E-state index in [4.69, 9.17) is 4.74 Å². The zero-order chi connectivity index (χ0) is 21.1. The Balaban J connectivity index is 1.32. The van der Waals surface area contributed by atoms with E-state index in [9.17, 15) is 9.59 Å². The molecular weight excluding hydrogens is 378 g/mol. The number of hydrogen-bond acceptors (Lipinski definition) is 4. The highest BCUT2D eigenvalue weighted by molar-refractivity contribution is 5.78. The molecule has 1 saturated carbocycles. The molecule has 2 heterocycles. The maximum absolute atomic E-state index is 12.5. The standard InChI is InChI=1S/C24H35N3O3/c1-17-7-9-27(10-8-17)24(29)16-30-22-6-4-3-5-18(22)15-26(2)21-11-19-13-23(28)25-14-20(19)12-21/h3-6,17,19-21H,7-16H2,1-2H3,(H,25,28)/t19-,20+,21-/m1/s1. The normalized spacial score (nSPS) is 27.1. The van der Waals surface area contributed by atoms with Crippen LogP contribution >= 0.6 is 0 Å². The minimum atomic E-state index is 0.0853. The molecule has 3 fully saturated rings. The molecule has 0 unspecified atom stereocenters. The van der Waals surface area contributed by atoms with E-state index in [1.807, 2.05) is 23.1 Å².